The van der Waals surface area contributed by atoms with Crippen LogP contribution in [0.3, 0.4) is 0 Å². The number of anilines is 1. The lowest BCUT2D eigenvalue weighted by molar-refractivity contribution is 0.0345. The number of ether oxygens (including phenoxy) is 3. The summed E-state index contributed by atoms with van der Waals surface area (Å²) in [6.07, 6.45) is 9.18. The number of nitrogens with zero attached hydrogens (tertiary/aromatic N) is 4. The number of methoxy groups -OCH3 is 2. The highest BCUT2D eigenvalue weighted by molar-refractivity contribution is 5.76. The van der Waals surface area contributed by atoms with E-state index in [2.05, 4.69) is 53.1 Å². The van der Waals surface area contributed by atoms with Crippen molar-refractivity contribution in [1.29, 1.82) is 5.26 Å². The van der Waals surface area contributed by atoms with E-state index in [4.69, 9.17) is 14.2 Å². The zero-order chi connectivity index (χ0) is 26.4. The number of nitrogens with one attached hydrogen (secondary N) is 1. The summed E-state index contributed by atoms with van der Waals surface area (Å²) in [7, 11) is 5.59. The van der Waals surface area contributed by atoms with Crippen molar-refractivity contribution >= 4 is 11.8 Å². The van der Waals surface area contributed by atoms with Crippen LogP contribution in [0.25, 0.3) is 6.08 Å². The molecule has 3 aliphatic rings. The molecular formula is C29H41N5O3. The number of likely N-dealkylation sites (N-methyl/N-ethyl adjacent to an activating group) is 1. The average Bonchev–Trinajstić information content (AvgIpc) is 3.11. The van der Waals surface area contributed by atoms with E-state index in [1.54, 1.807) is 20.4 Å². The Bertz CT molecular complexity index is 1100. The molecule has 1 aliphatic heterocycles. The molecule has 0 amide bonds. The molecule has 8 nitrogen and oxygen atoms in total. The van der Waals surface area contributed by atoms with Gasteiger partial charge in [0.25, 0.3) is 0 Å². The fraction of sp³-hybridized carbons (Fsp3) is 0.586. The van der Waals surface area contributed by atoms with Crippen molar-refractivity contribution in [2.75, 3.05) is 65.9 Å². The van der Waals surface area contributed by atoms with Crippen LogP contribution in [0.5, 0.6) is 0 Å². The van der Waals surface area contributed by atoms with Crippen molar-refractivity contribution in [3.05, 3.63) is 51.8 Å². The molecule has 1 aromatic heterocycles. The van der Waals surface area contributed by atoms with Crippen molar-refractivity contribution in [3.63, 3.8) is 0 Å². The SMILES string of the molecule is COC1=Cc2c(ncc(C#N)c2NC2CC(OC)=C(C)C=C2C)CC1OCCCN1CCCN(C)CC1. The van der Waals surface area contributed by atoms with Crippen LogP contribution in [0, 0.1) is 11.3 Å². The molecule has 2 heterocycles. The molecule has 1 fully saturated rings. The molecule has 1 saturated heterocycles. The van der Waals surface area contributed by atoms with Crippen LogP contribution in [-0.2, 0) is 20.6 Å². The van der Waals surface area contributed by atoms with Crippen molar-refractivity contribution in [3.8, 4) is 6.07 Å². The fourth-order valence-electron chi connectivity index (χ4n) is 5.42. The molecule has 0 spiro atoms. The van der Waals surface area contributed by atoms with Gasteiger partial charge in [-0.05, 0) is 58.5 Å². The Morgan fingerprint density at radius 3 is 2.70 bits per heavy atom. The van der Waals surface area contributed by atoms with Crippen molar-refractivity contribution < 1.29 is 14.2 Å². The van der Waals surface area contributed by atoms with Crippen LogP contribution in [0.15, 0.2) is 34.9 Å². The summed E-state index contributed by atoms with van der Waals surface area (Å²) in [4.78, 5) is 9.58. The van der Waals surface area contributed by atoms with Crippen LogP contribution < -0.4 is 5.32 Å². The largest absolute Gasteiger partial charge is 0.501 e. The second-order valence-electron chi connectivity index (χ2n) is 10.3. The van der Waals surface area contributed by atoms with Crippen LogP contribution >= 0.6 is 0 Å². The van der Waals surface area contributed by atoms with E-state index < -0.39 is 0 Å². The lowest BCUT2D eigenvalue weighted by Crippen LogP contribution is -2.31. The minimum Gasteiger partial charge on any atom is -0.501 e. The first-order chi connectivity index (χ1) is 17.9. The van der Waals surface area contributed by atoms with E-state index in [9.17, 15) is 5.26 Å². The van der Waals surface area contributed by atoms with Crippen molar-refractivity contribution in [2.24, 2.45) is 0 Å². The Morgan fingerprint density at radius 2 is 1.95 bits per heavy atom. The standard InChI is InChI=1S/C29H41N5O3/c1-20-14-21(2)26(35-4)16-24(20)32-29-22(18-30)19-31-25-17-28(27(36-5)15-23(25)29)37-13-7-10-34-9-6-8-33(3)11-12-34/h14-15,19,24,28H,6-13,16-17H2,1-5H3,(H,31,32). The molecule has 0 radical (unpaired) electrons. The highest BCUT2D eigenvalue weighted by Gasteiger charge is 2.29. The summed E-state index contributed by atoms with van der Waals surface area (Å²) in [5.41, 5.74) is 5.48. The van der Waals surface area contributed by atoms with Gasteiger partial charge in [0.2, 0.25) is 0 Å². The molecule has 0 bridgehead atoms. The first-order valence-corrected chi connectivity index (χ1v) is 13.3. The summed E-state index contributed by atoms with van der Waals surface area (Å²) in [5.74, 6) is 1.73. The number of hydrogen-bond acceptors (Lipinski definition) is 8. The molecule has 37 heavy (non-hydrogen) atoms. The summed E-state index contributed by atoms with van der Waals surface area (Å²) >= 11 is 0. The molecule has 1 aromatic rings. The smallest absolute Gasteiger partial charge is 0.125 e. The molecule has 2 unspecified atom stereocenters. The third kappa shape index (κ3) is 6.53. The Hall–Kier alpha value is -2.86. The Morgan fingerprint density at radius 1 is 1.11 bits per heavy atom. The third-order valence-electron chi connectivity index (χ3n) is 7.68. The monoisotopic (exact) mass is 507 g/mol. The molecule has 8 heteroatoms. The zero-order valence-electron chi connectivity index (χ0n) is 23.0. The molecule has 4 rings (SSSR count). The number of rotatable bonds is 9. The van der Waals surface area contributed by atoms with Gasteiger partial charge in [-0.3, -0.25) is 4.98 Å². The maximum Gasteiger partial charge on any atom is 0.125 e. The number of aromatic nitrogens is 1. The first kappa shape index (κ1) is 27.2. The summed E-state index contributed by atoms with van der Waals surface area (Å²) in [5, 5.41) is 13.5. The molecule has 2 atom stereocenters. The van der Waals surface area contributed by atoms with E-state index in [0.717, 1.165) is 73.1 Å². The van der Waals surface area contributed by atoms with Gasteiger partial charge >= 0.3 is 0 Å². The highest BCUT2D eigenvalue weighted by atomic mass is 16.5. The van der Waals surface area contributed by atoms with Gasteiger partial charge in [0.15, 0.2) is 0 Å². The first-order valence-electron chi connectivity index (χ1n) is 13.3. The van der Waals surface area contributed by atoms with Crippen molar-refractivity contribution in [2.45, 2.75) is 51.7 Å². The van der Waals surface area contributed by atoms with Crippen LogP contribution in [0.1, 0.15) is 49.9 Å². The van der Waals surface area contributed by atoms with Gasteiger partial charge in [0, 0.05) is 50.8 Å². The highest BCUT2D eigenvalue weighted by Crippen LogP contribution is 2.35. The fourth-order valence-corrected chi connectivity index (χ4v) is 5.42. The predicted molar refractivity (Wildman–Crippen MR) is 146 cm³/mol. The van der Waals surface area contributed by atoms with E-state index in [-0.39, 0.29) is 12.1 Å². The van der Waals surface area contributed by atoms with Crippen LogP contribution in [-0.4, -0.2) is 87.5 Å². The molecule has 0 saturated carbocycles. The number of allylic oxidation sites excluding steroid dienone is 2. The minimum absolute atomic E-state index is 0.0318. The lowest BCUT2D eigenvalue weighted by Gasteiger charge is -2.30. The quantitative estimate of drug-likeness (QED) is 0.503. The van der Waals surface area contributed by atoms with E-state index >= 15 is 0 Å². The molecule has 2 aliphatic carbocycles. The number of nitriles is 1. The van der Waals surface area contributed by atoms with Gasteiger partial charge in [-0.15, -0.1) is 0 Å². The number of fused-ring (bicyclic) bond motifs is 1. The lowest BCUT2D eigenvalue weighted by atomic mass is 9.92. The number of pyridine rings is 1. The third-order valence-corrected chi connectivity index (χ3v) is 7.68. The van der Waals surface area contributed by atoms with Crippen LogP contribution in [0.2, 0.25) is 0 Å². The topological polar surface area (TPSA) is 82.9 Å². The van der Waals surface area contributed by atoms with Crippen molar-refractivity contribution in [1.82, 2.24) is 14.8 Å². The zero-order valence-corrected chi connectivity index (χ0v) is 23.0. The second-order valence-corrected chi connectivity index (χ2v) is 10.3. The normalized spacial score (nSPS) is 22.9. The minimum atomic E-state index is -0.178. The summed E-state index contributed by atoms with van der Waals surface area (Å²) < 4.78 is 17.7. The Kier molecular flexibility index (Phi) is 9.25. The van der Waals surface area contributed by atoms with Gasteiger partial charge < -0.3 is 29.3 Å². The van der Waals surface area contributed by atoms with Gasteiger partial charge in [0.1, 0.15) is 23.7 Å². The second kappa shape index (κ2) is 12.6. The maximum atomic E-state index is 9.85. The number of hydrogen-bond donors (Lipinski definition) is 1. The molecule has 200 valence electrons. The summed E-state index contributed by atoms with van der Waals surface area (Å²) in [6.45, 7) is 10.5. The molecule has 1 N–H and O–H groups in total. The van der Waals surface area contributed by atoms with Gasteiger partial charge in [-0.2, -0.15) is 5.26 Å². The predicted octanol–water partition coefficient (Wildman–Crippen LogP) is 3.96. The van der Waals surface area contributed by atoms with Gasteiger partial charge in [-0.25, -0.2) is 0 Å². The van der Waals surface area contributed by atoms with Gasteiger partial charge in [-0.1, -0.05) is 11.6 Å². The summed E-state index contributed by atoms with van der Waals surface area (Å²) in [6, 6.07) is 2.34. The van der Waals surface area contributed by atoms with Gasteiger partial charge in [0.05, 0.1) is 37.2 Å². The molecular weight excluding hydrogens is 466 g/mol. The van der Waals surface area contributed by atoms with E-state index in [1.165, 1.54) is 18.5 Å². The molecule has 0 aromatic carbocycles. The Balaban J connectivity index is 1.44. The van der Waals surface area contributed by atoms with Crippen LogP contribution in [0.4, 0.5) is 5.69 Å². The Labute approximate surface area is 221 Å². The maximum absolute atomic E-state index is 9.85. The van der Waals surface area contributed by atoms with E-state index in [1.807, 2.05) is 6.08 Å². The van der Waals surface area contributed by atoms with E-state index in [0.29, 0.717) is 18.6 Å². The average molecular weight is 508 g/mol.